The quantitative estimate of drug-likeness (QED) is 0.760. The van der Waals surface area contributed by atoms with Crippen molar-refractivity contribution < 1.29 is 15.0 Å². The predicted octanol–water partition coefficient (Wildman–Crippen LogP) is 1.93. The maximum atomic E-state index is 7.63. The van der Waals surface area contributed by atoms with Gasteiger partial charge in [0.15, 0.2) is 0 Å². The maximum absolute atomic E-state index is 7.63. The highest BCUT2D eigenvalue weighted by Gasteiger charge is 2.09. The number of thioether (sulfide) groups is 1. The Hall–Kier alpha value is -0.870. The minimum atomic E-state index is -2.10. The molecule has 1 aromatic rings. The fourth-order valence-electron chi connectivity index (χ4n) is 1.32. The Morgan fingerprint density at radius 3 is 2.67 bits per heavy atom. The van der Waals surface area contributed by atoms with E-state index in [2.05, 4.69) is 0 Å². The monoisotopic (exact) mass is 231 g/mol. The summed E-state index contributed by atoms with van der Waals surface area (Å²) in [6, 6.07) is 3.46. The first-order chi connectivity index (χ1) is 8.85. The molecule has 1 aromatic carbocycles. The molecule has 3 nitrogen and oxygen atoms in total. The van der Waals surface area contributed by atoms with E-state index in [9.17, 15) is 0 Å². The van der Waals surface area contributed by atoms with Gasteiger partial charge in [0.25, 0.3) is 0 Å². The molecule has 4 heteroatoms. The van der Waals surface area contributed by atoms with E-state index >= 15 is 0 Å². The number of hydrogen-bond donors (Lipinski definition) is 1. The molecule has 84 valence electrons. The molecule has 0 aliphatic carbocycles. The van der Waals surface area contributed by atoms with Crippen molar-refractivity contribution in [3.8, 4) is 11.5 Å². The third kappa shape index (κ3) is 2.79. The molecule has 0 saturated heterocycles. The van der Waals surface area contributed by atoms with Crippen molar-refractivity contribution in [2.24, 2.45) is 5.72 Å². The summed E-state index contributed by atoms with van der Waals surface area (Å²) in [7, 11) is 3.05. The smallest absolute Gasteiger partial charge is 0.132 e. The molecule has 0 fully saturated rings. The fraction of sp³-hybridized carbons (Fsp3) is 0.455. The molecule has 0 amide bonds. The highest BCUT2D eigenvalue weighted by molar-refractivity contribution is 7.98. The van der Waals surface area contributed by atoms with Crippen LogP contribution in [0.15, 0.2) is 17.0 Å². The van der Waals surface area contributed by atoms with Crippen LogP contribution in [-0.4, -0.2) is 27.0 Å². The van der Waals surface area contributed by atoms with E-state index < -0.39 is 6.50 Å². The Bertz CT molecular complexity index is 443. The maximum Gasteiger partial charge on any atom is 0.132 e. The highest BCUT2D eigenvalue weighted by atomic mass is 32.2. The van der Waals surface area contributed by atoms with E-state index in [1.807, 2.05) is 6.26 Å². The van der Waals surface area contributed by atoms with Crippen LogP contribution in [0.3, 0.4) is 0 Å². The molecule has 0 aliphatic rings. The zero-order valence-electron chi connectivity index (χ0n) is 13.0. The van der Waals surface area contributed by atoms with Crippen molar-refractivity contribution in [2.75, 3.05) is 27.0 Å². The molecule has 15 heavy (non-hydrogen) atoms. The SMILES string of the molecule is [2H]N([2H])C([2H])([2H])Cc1cc(OC)c(SC)cc1OC. The number of aryl methyl sites for hydroxylation is 1. The minimum Gasteiger partial charge on any atom is -0.496 e. The average molecular weight is 231 g/mol. The number of methoxy groups -OCH3 is 2. The predicted molar refractivity (Wildman–Crippen MR) is 64.1 cm³/mol. The Kier molecular flexibility index (Phi) is 2.90. The van der Waals surface area contributed by atoms with E-state index in [0.717, 1.165) is 4.90 Å². The van der Waals surface area contributed by atoms with Gasteiger partial charge in [0.05, 0.1) is 19.1 Å². The van der Waals surface area contributed by atoms with Crippen molar-refractivity contribution in [3.05, 3.63) is 17.7 Å². The highest BCUT2D eigenvalue weighted by Crippen LogP contribution is 2.34. The topological polar surface area (TPSA) is 44.5 Å². The summed E-state index contributed by atoms with van der Waals surface area (Å²) in [6.07, 6.45) is 1.78. The van der Waals surface area contributed by atoms with E-state index in [-0.39, 0.29) is 12.1 Å². The molecule has 0 heterocycles. The summed E-state index contributed by atoms with van der Waals surface area (Å²) in [5.41, 5.74) is 0.619. The van der Waals surface area contributed by atoms with Crippen molar-refractivity contribution in [1.82, 2.24) is 0 Å². The first-order valence-corrected chi connectivity index (χ1v) is 5.65. The summed E-state index contributed by atoms with van der Waals surface area (Å²) in [5.74, 6) is 1.15. The van der Waals surface area contributed by atoms with Crippen molar-refractivity contribution in [1.29, 1.82) is 0 Å². The van der Waals surface area contributed by atoms with Gasteiger partial charge in [0, 0.05) is 2.74 Å². The van der Waals surface area contributed by atoms with Gasteiger partial charge in [-0.3, -0.25) is 0 Å². The van der Waals surface area contributed by atoms with Crippen LogP contribution in [0.5, 0.6) is 11.5 Å². The standard InChI is InChI=1S/C11H17NO2S/c1-13-9-7-11(15-3)10(14-2)6-8(9)4-5-12/h6-7H,4-5,12H2,1-3H3/i5D2/hD2. The third-order valence-electron chi connectivity index (χ3n) is 2.06. The molecule has 0 spiro atoms. The fourth-order valence-corrected chi connectivity index (χ4v) is 1.88. The number of nitrogens with two attached hydrogens (primary N) is 1. The van der Waals surface area contributed by atoms with Crippen LogP contribution in [0.1, 0.15) is 8.30 Å². The van der Waals surface area contributed by atoms with Crippen molar-refractivity contribution in [3.63, 3.8) is 0 Å². The molecule has 0 unspecified atom stereocenters. The molecule has 0 bridgehead atoms. The van der Waals surface area contributed by atoms with E-state index in [4.69, 9.17) is 15.0 Å². The zero-order chi connectivity index (χ0) is 14.6. The molecule has 0 radical (unpaired) electrons. The lowest BCUT2D eigenvalue weighted by Gasteiger charge is -2.13. The molecule has 0 aromatic heterocycles. The Balaban J connectivity index is 3.19. The van der Waals surface area contributed by atoms with E-state index in [1.54, 1.807) is 19.2 Å². The van der Waals surface area contributed by atoms with Gasteiger partial charge in [0.1, 0.15) is 14.3 Å². The van der Waals surface area contributed by atoms with Crippen LogP contribution in [0.2, 0.25) is 2.82 Å². The van der Waals surface area contributed by atoms with E-state index in [0.29, 0.717) is 17.1 Å². The van der Waals surface area contributed by atoms with Gasteiger partial charge in [0.2, 0.25) is 0 Å². The van der Waals surface area contributed by atoms with Gasteiger partial charge in [-0.15, -0.1) is 11.8 Å². The number of ether oxygens (including phenoxy) is 2. The summed E-state index contributed by atoms with van der Waals surface area (Å²) in [6.45, 7) is -2.10. The van der Waals surface area contributed by atoms with Crippen LogP contribution in [0.25, 0.3) is 0 Å². The second-order valence-electron chi connectivity index (χ2n) is 2.85. The third-order valence-corrected chi connectivity index (χ3v) is 2.81. The van der Waals surface area contributed by atoms with Crippen LogP contribution in [0, 0.1) is 0 Å². The Labute approximate surface area is 101 Å². The number of benzene rings is 1. The summed E-state index contributed by atoms with van der Waals surface area (Å²) < 4.78 is 39.9. The van der Waals surface area contributed by atoms with Gasteiger partial charge in [-0.2, -0.15) is 0 Å². The lowest BCUT2D eigenvalue weighted by atomic mass is 10.1. The van der Waals surface area contributed by atoms with Crippen LogP contribution < -0.4 is 15.2 Å². The Morgan fingerprint density at radius 2 is 2.13 bits per heavy atom. The molecule has 0 aliphatic heterocycles. The molecule has 0 saturated carbocycles. The molecular formula is C11H17NO2S. The molecule has 1 rings (SSSR count). The van der Waals surface area contributed by atoms with Crippen molar-refractivity contribution >= 4 is 11.8 Å². The molecule has 0 atom stereocenters. The number of hydrogen-bond acceptors (Lipinski definition) is 4. The second kappa shape index (κ2) is 5.88. The summed E-state index contributed by atoms with van der Waals surface area (Å²) >= 11 is 1.50. The molecule has 2 N–H and O–H groups in total. The molecular weight excluding hydrogens is 210 g/mol. The minimum absolute atomic E-state index is 0.0569. The van der Waals surface area contributed by atoms with Gasteiger partial charge < -0.3 is 15.2 Å². The first-order valence-electron chi connectivity index (χ1n) is 6.32. The van der Waals surface area contributed by atoms with Gasteiger partial charge in [-0.25, -0.2) is 0 Å². The average Bonchev–Trinajstić information content (AvgIpc) is 2.37. The number of rotatable bonds is 6. The summed E-state index contributed by atoms with van der Waals surface area (Å²) in [5, 5.41) is 0. The lowest BCUT2D eigenvalue weighted by molar-refractivity contribution is 0.390. The largest absolute Gasteiger partial charge is 0.496 e. The first kappa shape index (κ1) is 7.41. The van der Waals surface area contributed by atoms with Gasteiger partial charge in [-0.05, 0) is 36.9 Å². The Morgan fingerprint density at radius 1 is 1.40 bits per heavy atom. The van der Waals surface area contributed by atoms with Crippen LogP contribution in [-0.2, 0) is 6.42 Å². The second-order valence-corrected chi connectivity index (χ2v) is 3.70. The summed E-state index contributed by atoms with van der Waals surface area (Å²) in [4.78, 5) is 0.886. The van der Waals surface area contributed by atoms with E-state index in [1.165, 1.54) is 18.9 Å². The zero-order valence-corrected chi connectivity index (χ0v) is 9.85. The van der Waals surface area contributed by atoms with Crippen LogP contribution in [0.4, 0.5) is 0 Å². The van der Waals surface area contributed by atoms with Crippen molar-refractivity contribution in [2.45, 2.75) is 11.3 Å². The lowest BCUT2D eigenvalue weighted by Crippen LogP contribution is -2.05. The van der Waals surface area contributed by atoms with Gasteiger partial charge in [-0.1, -0.05) is 0 Å². The normalized spacial score (nSPS) is 15.2. The van der Waals surface area contributed by atoms with Gasteiger partial charge >= 0.3 is 0 Å². The van der Waals surface area contributed by atoms with Crippen LogP contribution >= 0.6 is 11.8 Å².